The Morgan fingerprint density at radius 1 is 0.958 bits per heavy atom. The van der Waals surface area contributed by atoms with Gasteiger partial charge in [-0.3, -0.25) is 9.69 Å². The SMILES string of the molecule is CCC[C@@H](CN(Cc1ccccc1)Cc1ccccc1)C(=O)OC. The second-order valence-corrected chi connectivity index (χ2v) is 6.15. The molecule has 3 heteroatoms. The summed E-state index contributed by atoms with van der Waals surface area (Å²) < 4.78 is 5.00. The van der Waals surface area contributed by atoms with E-state index in [1.807, 2.05) is 12.1 Å². The minimum absolute atomic E-state index is 0.0765. The van der Waals surface area contributed by atoms with E-state index in [1.165, 1.54) is 18.2 Å². The van der Waals surface area contributed by atoms with Gasteiger partial charge in [-0.25, -0.2) is 0 Å². The minimum Gasteiger partial charge on any atom is -0.469 e. The molecule has 0 saturated heterocycles. The highest BCUT2D eigenvalue weighted by Gasteiger charge is 2.22. The van der Waals surface area contributed by atoms with E-state index in [1.54, 1.807) is 0 Å². The molecule has 128 valence electrons. The lowest BCUT2D eigenvalue weighted by Crippen LogP contribution is -2.33. The minimum atomic E-state index is -0.108. The van der Waals surface area contributed by atoms with Crippen LogP contribution in [-0.2, 0) is 22.6 Å². The molecule has 0 aliphatic carbocycles. The highest BCUT2D eigenvalue weighted by molar-refractivity contribution is 5.72. The number of hydrogen-bond acceptors (Lipinski definition) is 3. The van der Waals surface area contributed by atoms with Gasteiger partial charge in [-0.05, 0) is 17.5 Å². The van der Waals surface area contributed by atoms with E-state index in [2.05, 4.69) is 60.4 Å². The highest BCUT2D eigenvalue weighted by atomic mass is 16.5. The van der Waals surface area contributed by atoms with Crippen LogP contribution in [0, 0.1) is 5.92 Å². The van der Waals surface area contributed by atoms with Crippen molar-refractivity contribution in [2.75, 3.05) is 13.7 Å². The Bertz CT molecular complexity index is 556. The molecule has 2 rings (SSSR count). The molecule has 1 atom stereocenters. The van der Waals surface area contributed by atoms with Crippen molar-refractivity contribution in [1.29, 1.82) is 0 Å². The summed E-state index contributed by atoms with van der Waals surface area (Å²) in [6, 6.07) is 20.8. The van der Waals surface area contributed by atoms with Gasteiger partial charge in [-0.1, -0.05) is 74.0 Å². The van der Waals surface area contributed by atoms with Crippen LogP contribution >= 0.6 is 0 Å². The highest BCUT2D eigenvalue weighted by Crippen LogP contribution is 2.16. The number of benzene rings is 2. The molecule has 0 aliphatic rings. The second kappa shape index (κ2) is 9.89. The number of ether oxygens (including phenoxy) is 1. The molecule has 24 heavy (non-hydrogen) atoms. The van der Waals surface area contributed by atoms with Crippen LogP contribution in [0.2, 0.25) is 0 Å². The van der Waals surface area contributed by atoms with Gasteiger partial charge in [0.05, 0.1) is 13.0 Å². The Labute approximate surface area is 145 Å². The first-order valence-electron chi connectivity index (χ1n) is 8.61. The smallest absolute Gasteiger partial charge is 0.309 e. The van der Waals surface area contributed by atoms with Crippen molar-refractivity contribution in [3.05, 3.63) is 71.8 Å². The molecule has 0 spiro atoms. The first-order chi connectivity index (χ1) is 11.7. The number of hydrogen-bond donors (Lipinski definition) is 0. The molecule has 3 nitrogen and oxygen atoms in total. The van der Waals surface area contributed by atoms with E-state index in [0.29, 0.717) is 6.54 Å². The standard InChI is InChI=1S/C21H27NO2/c1-3-10-20(21(23)24-2)17-22(15-18-11-6-4-7-12-18)16-19-13-8-5-9-14-19/h4-9,11-14,20H,3,10,15-17H2,1-2H3/t20-/m0/s1. The maximum absolute atomic E-state index is 12.1. The normalized spacial score (nSPS) is 12.1. The lowest BCUT2D eigenvalue weighted by molar-refractivity contribution is -0.146. The van der Waals surface area contributed by atoms with Gasteiger partial charge in [-0.15, -0.1) is 0 Å². The fraction of sp³-hybridized carbons (Fsp3) is 0.381. The van der Waals surface area contributed by atoms with E-state index < -0.39 is 0 Å². The summed E-state index contributed by atoms with van der Waals surface area (Å²) in [6.07, 6.45) is 1.83. The van der Waals surface area contributed by atoms with Crippen molar-refractivity contribution in [2.45, 2.75) is 32.9 Å². The first-order valence-corrected chi connectivity index (χ1v) is 8.61. The van der Waals surface area contributed by atoms with E-state index in [9.17, 15) is 4.79 Å². The fourth-order valence-electron chi connectivity index (χ4n) is 2.98. The molecule has 0 N–H and O–H groups in total. The van der Waals surface area contributed by atoms with Crippen LogP contribution in [-0.4, -0.2) is 24.5 Å². The van der Waals surface area contributed by atoms with Crippen LogP contribution < -0.4 is 0 Å². The zero-order valence-electron chi connectivity index (χ0n) is 14.7. The third kappa shape index (κ3) is 5.82. The fourth-order valence-corrected chi connectivity index (χ4v) is 2.98. The summed E-state index contributed by atoms with van der Waals surface area (Å²) in [5.74, 6) is -0.185. The van der Waals surface area contributed by atoms with Crippen LogP contribution in [0.3, 0.4) is 0 Å². The van der Waals surface area contributed by atoms with Crippen molar-refractivity contribution in [2.24, 2.45) is 5.92 Å². The molecule has 0 saturated carbocycles. The van der Waals surface area contributed by atoms with Gasteiger partial charge in [0.25, 0.3) is 0 Å². The van der Waals surface area contributed by atoms with Crippen molar-refractivity contribution in [3.8, 4) is 0 Å². The van der Waals surface area contributed by atoms with Crippen LogP contribution in [0.15, 0.2) is 60.7 Å². The Morgan fingerprint density at radius 3 is 1.88 bits per heavy atom. The summed E-state index contributed by atoms with van der Waals surface area (Å²) in [6.45, 7) is 4.47. The van der Waals surface area contributed by atoms with Gasteiger partial charge in [0, 0.05) is 19.6 Å². The number of nitrogens with zero attached hydrogens (tertiary/aromatic N) is 1. The van der Waals surface area contributed by atoms with Crippen LogP contribution in [0.25, 0.3) is 0 Å². The van der Waals surface area contributed by atoms with Crippen molar-refractivity contribution in [1.82, 2.24) is 4.90 Å². The molecule has 0 unspecified atom stereocenters. The van der Waals surface area contributed by atoms with Crippen molar-refractivity contribution in [3.63, 3.8) is 0 Å². The van der Waals surface area contributed by atoms with Gasteiger partial charge < -0.3 is 4.74 Å². The number of esters is 1. The van der Waals surface area contributed by atoms with E-state index in [4.69, 9.17) is 4.74 Å². The van der Waals surface area contributed by atoms with E-state index in [0.717, 1.165) is 25.9 Å². The first kappa shape index (κ1) is 18.2. The lowest BCUT2D eigenvalue weighted by atomic mass is 10.0. The van der Waals surface area contributed by atoms with Crippen LogP contribution in [0.5, 0.6) is 0 Å². The van der Waals surface area contributed by atoms with Gasteiger partial charge >= 0.3 is 5.97 Å². The largest absolute Gasteiger partial charge is 0.469 e. The number of carbonyl (C=O) groups is 1. The maximum atomic E-state index is 12.1. The van der Waals surface area contributed by atoms with Gasteiger partial charge in [0.15, 0.2) is 0 Å². The second-order valence-electron chi connectivity index (χ2n) is 6.15. The molecule has 0 fully saturated rings. The predicted octanol–water partition coefficient (Wildman–Crippen LogP) is 4.28. The molecule has 0 radical (unpaired) electrons. The van der Waals surface area contributed by atoms with Crippen molar-refractivity contribution >= 4 is 5.97 Å². The Hall–Kier alpha value is -2.13. The summed E-state index contributed by atoms with van der Waals surface area (Å²) in [5, 5.41) is 0. The maximum Gasteiger partial charge on any atom is 0.309 e. The summed E-state index contributed by atoms with van der Waals surface area (Å²) >= 11 is 0. The Balaban J connectivity index is 2.12. The molecule has 0 heterocycles. The molecule has 2 aromatic carbocycles. The zero-order chi connectivity index (χ0) is 17.2. The Kier molecular flexibility index (Phi) is 7.50. The summed E-state index contributed by atoms with van der Waals surface area (Å²) in [5.41, 5.74) is 2.52. The predicted molar refractivity (Wildman–Crippen MR) is 97.4 cm³/mol. The quantitative estimate of drug-likeness (QED) is 0.645. The van der Waals surface area contributed by atoms with Crippen LogP contribution in [0.4, 0.5) is 0 Å². The van der Waals surface area contributed by atoms with Gasteiger partial charge in [-0.2, -0.15) is 0 Å². The van der Waals surface area contributed by atoms with Gasteiger partial charge in [0.1, 0.15) is 0 Å². The third-order valence-electron chi connectivity index (χ3n) is 4.15. The zero-order valence-corrected chi connectivity index (χ0v) is 14.7. The van der Waals surface area contributed by atoms with E-state index >= 15 is 0 Å². The molecular formula is C21H27NO2. The molecule has 0 amide bonds. The number of carbonyl (C=O) groups excluding carboxylic acids is 1. The molecule has 0 aromatic heterocycles. The van der Waals surface area contributed by atoms with E-state index in [-0.39, 0.29) is 11.9 Å². The topological polar surface area (TPSA) is 29.5 Å². The average Bonchev–Trinajstić information content (AvgIpc) is 2.62. The summed E-state index contributed by atoms with van der Waals surface area (Å²) in [4.78, 5) is 14.4. The Morgan fingerprint density at radius 2 is 1.46 bits per heavy atom. The number of rotatable bonds is 9. The molecular weight excluding hydrogens is 298 g/mol. The van der Waals surface area contributed by atoms with Crippen LogP contribution in [0.1, 0.15) is 30.9 Å². The molecule has 2 aromatic rings. The molecule has 0 bridgehead atoms. The van der Waals surface area contributed by atoms with Crippen molar-refractivity contribution < 1.29 is 9.53 Å². The van der Waals surface area contributed by atoms with Gasteiger partial charge in [0.2, 0.25) is 0 Å². The average molecular weight is 325 g/mol. The monoisotopic (exact) mass is 325 g/mol. The lowest BCUT2D eigenvalue weighted by Gasteiger charge is -2.26. The third-order valence-corrected chi connectivity index (χ3v) is 4.15. The number of methoxy groups -OCH3 is 1. The summed E-state index contributed by atoms with van der Waals surface area (Å²) in [7, 11) is 1.48. The molecule has 0 aliphatic heterocycles.